The standard InChI is InChI=1S/C12H15Cl2N/c13-10-6-5-9(7-11(10)14)12(15)8-3-1-2-4-8/h5-8,12H,1-4,15H2/t12-/m0/s1. The van der Waals surface area contributed by atoms with Crippen LogP contribution in [0.3, 0.4) is 0 Å². The van der Waals surface area contributed by atoms with Crippen LogP contribution in [0, 0.1) is 5.92 Å². The lowest BCUT2D eigenvalue weighted by molar-refractivity contribution is 0.445. The molecule has 0 amide bonds. The van der Waals surface area contributed by atoms with Gasteiger partial charge in [0.05, 0.1) is 10.0 Å². The highest BCUT2D eigenvalue weighted by Crippen LogP contribution is 2.35. The van der Waals surface area contributed by atoms with E-state index in [1.54, 1.807) is 0 Å². The van der Waals surface area contributed by atoms with Gasteiger partial charge in [0.15, 0.2) is 0 Å². The highest BCUT2D eigenvalue weighted by atomic mass is 35.5. The molecule has 0 saturated heterocycles. The van der Waals surface area contributed by atoms with E-state index in [-0.39, 0.29) is 6.04 Å². The molecule has 0 aromatic heterocycles. The minimum atomic E-state index is 0.113. The van der Waals surface area contributed by atoms with Gasteiger partial charge in [-0.1, -0.05) is 42.1 Å². The lowest BCUT2D eigenvalue weighted by atomic mass is 9.93. The fraction of sp³-hybridized carbons (Fsp3) is 0.500. The number of rotatable bonds is 2. The van der Waals surface area contributed by atoms with E-state index < -0.39 is 0 Å². The monoisotopic (exact) mass is 243 g/mol. The first-order valence-corrected chi connectivity index (χ1v) is 6.14. The Morgan fingerprint density at radius 1 is 1.13 bits per heavy atom. The Bertz CT molecular complexity index is 345. The molecule has 1 aliphatic rings. The van der Waals surface area contributed by atoms with Crippen molar-refractivity contribution in [2.24, 2.45) is 11.7 Å². The van der Waals surface area contributed by atoms with Crippen LogP contribution in [-0.2, 0) is 0 Å². The van der Waals surface area contributed by atoms with Crippen LogP contribution in [0.2, 0.25) is 10.0 Å². The lowest BCUT2D eigenvalue weighted by Gasteiger charge is -2.19. The summed E-state index contributed by atoms with van der Waals surface area (Å²) in [5.74, 6) is 0.613. The molecule has 0 spiro atoms. The van der Waals surface area contributed by atoms with Crippen LogP contribution in [-0.4, -0.2) is 0 Å². The summed E-state index contributed by atoms with van der Waals surface area (Å²) in [5.41, 5.74) is 7.33. The van der Waals surface area contributed by atoms with E-state index in [2.05, 4.69) is 0 Å². The summed E-state index contributed by atoms with van der Waals surface area (Å²) in [5, 5.41) is 1.20. The maximum absolute atomic E-state index is 6.22. The Balaban J connectivity index is 2.17. The van der Waals surface area contributed by atoms with Crippen LogP contribution >= 0.6 is 23.2 Å². The zero-order chi connectivity index (χ0) is 10.8. The van der Waals surface area contributed by atoms with Crippen molar-refractivity contribution in [3.8, 4) is 0 Å². The van der Waals surface area contributed by atoms with Crippen molar-refractivity contribution in [1.82, 2.24) is 0 Å². The fourth-order valence-corrected chi connectivity index (χ4v) is 2.61. The van der Waals surface area contributed by atoms with Gasteiger partial charge in [0, 0.05) is 6.04 Å². The molecule has 2 rings (SSSR count). The van der Waals surface area contributed by atoms with Gasteiger partial charge in [-0.05, 0) is 36.5 Å². The number of benzene rings is 1. The van der Waals surface area contributed by atoms with Crippen molar-refractivity contribution in [3.63, 3.8) is 0 Å². The topological polar surface area (TPSA) is 26.0 Å². The largest absolute Gasteiger partial charge is 0.324 e. The van der Waals surface area contributed by atoms with E-state index in [0.29, 0.717) is 16.0 Å². The molecule has 1 aromatic rings. The summed E-state index contributed by atoms with van der Waals surface area (Å²) >= 11 is 11.8. The molecule has 3 heteroatoms. The zero-order valence-corrected chi connectivity index (χ0v) is 10.1. The molecule has 2 N–H and O–H groups in total. The van der Waals surface area contributed by atoms with Crippen molar-refractivity contribution in [2.75, 3.05) is 0 Å². The minimum absolute atomic E-state index is 0.113. The number of hydrogen-bond acceptors (Lipinski definition) is 1. The van der Waals surface area contributed by atoms with Gasteiger partial charge in [-0.15, -0.1) is 0 Å². The molecule has 1 atom stereocenters. The highest BCUT2D eigenvalue weighted by Gasteiger charge is 2.23. The average molecular weight is 244 g/mol. The Labute approximate surface area is 101 Å². The van der Waals surface area contributed by atoms with Gasteiger partial charge in [0.25, 0.3) is 0 Å². The molecule has 0 aliphatic heterocycles. The van der Waals surface area contributed by atoms with Crippen molar-refractivity contribution in [1.29, 1.82) is 0 Å². The maximum atomic E-state index is 6.22. The van der Waals surface area contributed by atoms with Crippen LogP contribution in [0.4, 0.5) is 0 Å². The van der Waals surface area contributed by atoms with Gasteiger partial charge in [0.1, 0.15) is 0 Å². The van der Waals surface area contributed by atoms with Crippen LogP contribution in [0.5, 0.6) is 0 Å². The molecule has 1 aliphatic carbocycles. The summed E-state index contributed by atoms with van der Waals surface area (Å²) in [4.78, 5) is 0. The van der Waals surface area contributed by atoms with E-state index in [1.165, 1.54) is 25.7 Å². The molecular weight excluding hydrogens is 229 g/mol. The summed E-state index contributed by atoms with van der Waals surface area (Å²) in [6.45, 7) is 0. The Hall–Kier alpha value is -0.240. The Kier molecular flexibility index (Phi) is 3.55. The van der Waals surface area contributed by atoms with Crippen LogP contribution < -0.4 is 5.73 Å². The van der Waals surface area contributed by atoms with Crippen LogP contribution in [0.25, 0.3) is 0 Å². The maximum Gasteiger partial charge on any atom is 0.0595 e. The van der Waals surface area contributed by atoms with Gasteiger partial charge in [-0.25, -0.2) is 0 Å². The third-order valence-electron chi connectivity index (χ3n) is 3.24. The summed E-state index contributed by atoms with van der Waals surface area (Å²) < 4.78 is 0. The Morgan fingerprint density at radius 3 is 2.40 bits per heavy atom. The van der Waals surface area contributed by atoms with E-state index >= 15 is 0 Å². The molecule has 0 bridgehead atoms. The summed E-state index contributed by atoms with van der Waals surface area (Å²) in [6, 6.07) is 5.82. The van der Waals surface area contributed by atoms with Crippen LogP contribution in [0.15, 0.2) is 18.2 Å². The molecule has 0 radical (unpaired) electrons. The van der Waals surface area contributed by atoms with Gasteiger partial charge >= 0.3 is 0 Å². The van der Waals surface area contributed by atoms with E-state index in [9.17, 15) is 0 Å². The smallest absolute Gasteiger partial charge is 0.0595 e. The van der Waals surface area contributed by atoms with Crippen molar-refractivity contribution < 1.29 is 0 Å². The normalized spacial score (nSPS) is 19.4. The highest BCUT2D eigenvalue weighted by molar-refractivity contribution is 6.42. The first-order valence-electron chi connectivity index (χ1n) is 5.39. The second-order valence-electron chi connectivity index (χ2n) is 4.24. The number of hydrogen-bond donors (Lipinski definition) is 1. The van der Waals surface area contributed by atoms with Crippen LogP contribution in [0.1, 0.15) is 37.3 Å². The molecule has 82 valence electrons. The van der Waals surface area contributed by atoms with Gasteiger partial charge in [-0.2, -0.15) is 0 Å². The molecule has 1 saturated carbocycles. The lowest BCUT2D eigenvalue weighted by Crippen LogP contribution is -2.18. The second-order valence-corrected chi connectivity index (χ2v) is 5.06. The van der Waals surface area contributed by atoms with E-state index in [1.807, 2.05) is 18.2 Å². The van der Waals surface area contributed by atoms with Crippen molar-refractivity contribution >= 4 is 23.2 Å². The molecule has 0 unspecified atom stereocenters. The molecule has 1 fully saturated rings. The molecule has 0 heterocycles. The van der Waals surface area contributed by atoms with Gasteiger partial charge in [-0.3, -0.25) is 0 Å². The fourth-order valence-electron chi connectivity index (χ4n) is 2.31. The van der Waals surface area contributed by atoms with Gasteiger partial charge < -0.3 is 5.73 Å². The summed E-state index contributed by atoms with van der Waals surface area (Å²) in [6.07, 6.45) is 5.09. The average Bonchev–Trinajstić information content (AvgIpc) is 2.74. The molecular formula is C12H15Cl2N. The van der Waals surface area contributed by atoms with Crippen molar-refractivity contribution in [2.45, 2.75) is 31.7 Å². The first-order chi connectivity index (χ1) is 7.18. The number of halogens is 2. The van der Waals surface area contributed by atoms with E-state index in [4.69, 9.17) is 28.9 Å². The third kappa shape index (κ3) is 2.47. The molecule has 15 heavy (non-hydrogen) atoms. The third-order valence-corrected chi connectivity index (χ3v) is 3.98. The van der Waals surface area contributed by atoms with E-state index in [0.717, 1.165) is 5.56 Å². The quantitative estimate of drug-likeness (QED) is 0.829. The molecule has 1 nitrogen and oxygen atoms in total. The Morgan fingerprint density at radius 2 is 1.80 bits per heavy atom. The molecule has 1 aromatic carbocycles. The second kappa shape index (κ2) is 4.73. The zero-order valence-electron chi connectivity index (χ0n) is 8.55. The minimum Gasteiger partial charge on any atom is -0.324 e. The summed E-state index contributed by atoms with van der Waals surface area (Å²) in [7, 11) is 0. The number of nitrogens with two attached hydrogens (primary N) is 1. The van der Waals surface area contributed by atoms with Gasteiger partial charge in [0.2, 0.25) is 0 Å². The van der Waals surface area contributed by atoms with Crippen molar-refractivity contribution in [3.05, 3.63) is 33.8 Å². The SMILES string of the molecule is N[C@H](c1ccc(Cl)c(Cl)c1)C1CCCC1. The predicted molar refractivity (Wildman–Crippen MR) is 65.3 cm³/mol. The predicted octanol–water partition coefficient (Wildman–Crippen LogP) is 4.18. The first kappa shape index (κ1) is 11.3.